The zero-order valence-electron chi connectivity index (χ0n) is 10.5. The number of rotatable bonds is 4. The molecule has 2 aromatic carbocycles. The molecule has 0 aromatic heterocycles. The third-order valence-corrected chi connectivity index (χ3v) is 2.25. The Kier molecular flexibility index (Phi) is 6.76. The van der Waals surface area contributed by atoms with Crippen molar-refractivity contribution in [2.24, 2.45) is 0 Å². The van der Waals surface area contributed by atoms with E-state index in [0.717, 1.165) is 0 Å². The van der Waals surface area contributed by atoms with Gasteiger partial charge in [-0.05, 0) is 11.1 Å². The van der Waals surface area contributed by atoms with Crippen LogP contribution in [-0.4, -0.2) is 0 Å². The summed E-state index contributed by atoms with van der Waals surface area (Å²) < 4.78 is 4.98. The second kappa shape index (κ2) is 8.82. The summed E-state index contributed by atoms with van der Waals surface area (Å²) in [5, 5.41) is 0. The molecule has 1 nitrogen and oxygen atoms in total. The Morgan fingerprint density at radius 3 is 1.83 bits per heavy atom. The largest absolute Gasteiger partial charge is 0.497 e. The lowest BCUT2D eigenvalue weighted by Gasteiger charge is -1.98. The van der Waals surface area contributed by atoms with E-state index >= 15 is 0 Å². The minimum absolute atomic E-state index is 0.615. The number of ether oxygens (including phenoxy) is 1. The van der Waals surface area contributed by atoms with Crippen molar-refractivity contribution in [2.45, 2.75) is 6.61 Å². The predicted octanol–water partition coefficient (Wildman–Crippen LogP) is 4.68. The molecule has 0 N–H and O–H groups in total. The molecule has 0 spiro atoms. The van der Waals surface area contributed by atoms with Crippen LogP contribution in [0.5, 0.6) is 0 Å². The van der Waals surface area contributed by atoms with Crippen LogP contribution in [0.2, 0.25) is 0 Å². The van der Waals surface area contributed by atoms with Crippen LogP contribution < -0.4 is 0 Å². The van der Waals surface area contributed by atoms with Crippen LogP contribution in [0.3, 0.4) is 0 Å². The highest BCUT2D eigenvalue weighted by Crippen LogP contribution is 1.99. The first-order valence-electron chi connectivity index (χ1n) is 5.80. The van der Waals surface area contributed by atoms with Gasteiger partial charge in [0.15, 0.2) is 0 Å². The second-order valence-electron chi connectivity index (χ2n) is 3.58. The van der Waals surface area contributed by atoms with Crippen molar-refractivity contribution in [1.29, 1.82) is 0 Å². The maximum absolute atomic E-state index is 4.98. The third kappa shape index (κ3) is 5.71. The van der Waals surface area contributed by atoms with Crippen LogP contribution in [0.1, 0.15) is 11.1 Å². The van der Waals surface area contributed by atoms with Gasteiger partial charge in [0.05, 0.1) is 6.26 Å². The standard InChI is InChI=1S/C9H10O.C8H8/c1-2-10-8-9-6-4-3-5-7-9;1-2-8-6-4-3-5-7-8/h2-7H,1,8H2;2-7H,1H2. The molecular formula is C17H18O. The summed E-state index contributed by atoms with van der Waals surface area (Å²) in [6.07, 6.45) is 3.28. The summed E-state index contributed by atoms with van der Waals surface area (Å²) in [5.74, 6) is 0. The molecule has 0 unspecified atom stereocenters. The first-order chi connectivity index (χ1) is 8.86. The van der Waals surface area contributed by atoms with Crippen molar-refractivity contribution < 1.29 is 4.74 Å². The highest BCUT2D eigenvalue weighted by molar-refractivity contribution is 5.45. The summed E-state index contributed by atoms with van der Waals surface area (Å²) in [7, 11) is 0. The van der Waals surface area contributed by atoms with Crippen LogP contribution in [0.15, 0.2) is 80.1 Å². The van der Waals surface area contributed by atoms with Crippen LogP contribution in [0, 0.1) is 0 Å². The number of hydrogen-bond acceptors (Lipinski definition) is 1. The molecule has 0 saturated heterocycles. The van der Waals surface area contributed by atoms with E-state index in [0.29, 0.717) is 6.61 Å². The highest BCUT2D eigenvalue weighted by atomic mass is 16.5. The monoisotopic (exact) mass is 238 g/mol. The van der Waals surface area contributed by atoms with Gasteiger partial charge < -0.3 is 4.74 Å². The van der Waals surface area contributed by atoms with Crippen molar-refractivity contribution in [2.75, 3.05) is 0 Å². The average Bonchev–Trinajstić information content (AvgIpc) is 2.48. The first kappa shape index (κ1) is 13.8. The Labute approximate surface area is 109 Å². The summed E-state index contributed by atoms with van der Waals surface area (Å²) in [5.41, 5.74) is 2.34. The van der Waals surface area contributed by atoms with Gasteiger partial charge >= 0.3 is 0 Å². The smallest absolute Gasteiger partial charge is 0.112 e. The number of hydrogen-bond donors (Lipinski definition) is 0. The van der Waals surface area contributed by atoms with E-state index in [9.17, 15) is 0 Å². The summed E-state index contributed by atoms with van der Waals surface area (Å²) in [6, 6.07) is 20.0. The molecule has 0 amide bonds. The van der Waals surface area contributed by atoms with Crippen molar-refractivity contribution >= 4 is 6.08 Å². The van der Waals surface area contributed by atoms with Crippen molar-refractivity contribution in [3.05, 3.63) is 91.2 Å². The Balaban J connectivity index is 0.000000184. The highest BCUT2D eigenvalue weighted by Gasteiger charge is 1.85. The molecule has 0 heterocycles. The normalized spacial score (nSPS) is 8.67. The van der Waals surface area contributed by atoms with Crippen LogP contribution in [0.4, 0.5) is 0 Å². The van der Waals surface area contributed by atoms with Gasteiger partial charge in [-0.25, -0.2) is 0 Å². The second-order valence-corrected chi connectivity index (χ2v) is 3.58. The summed E-state index contributed by atoms with van der Waals surface area (Å²) in [4.78, 5) is 0. The van der Waals surface area contributed by atoms with Crippen LogP contribution in [0.25, 0.3) is 6.08 Å². The van der Waals surface area contributed by atoms with E-state index in [4.69, 9.17) is 4.74 Å². The third-order valence-electron chi connectivity index (χ3n) is 2.25. The molecule has 0 atom stereocenters. The summed E-state index contributed by atoms with van der Waals surface area (Å²) in [6.45, 7) is 7.70. The Bertz CT molecular complexity index is 446. The molecule has 2 aromatic rings. The molecule has 0 radical (unpaired) electrons. The van der Waals surface area contributed by atoms with Gasteiger partial charge in [0, 0.05) is 0 Å². The van der Waals surface area contributed by atoms with Gasteiger partial charge in [-0.15, -0.1) is 0 Å². The van der Waals surface area contributed by atoms with Gasteiger partial charge in [-0.1, -0.05) is 79.9 Å². The van der Waals surface area contributed by atoms with Gasteiger partial charge in [0.25, 0.3) is 0 Å². The lowest BCUT2D eigenvalue weighted by molar-refractivity contribution is 0.237. The fourth-order valence-electron chi connectivity index (χ4n) is 1.32. The molecule has 18 heavy (non-hydrogen) atoms. The molecular weight excluding hydrogens is 220 g/mol. The maximum Gasteiger partial charge on any atom is 0.112 e. The van der Waals surface area contributed by atoms with Gasteiger partial charge in [-0.3, -0.25) is 0 Å². The van der Waals surface area contributed by atoms with Crippen molar-refractivity contribution in [3.8, 4) is 0 Å². The van der Waals surface area contributed by atoms with Crippen LogP contribution in [-0.2, 0) is 11.3 Å². The fourth-order valence-corrected chi connectivity index (χ4v) is 1.32. The molecule has 0 saturated carbocycles. The van der Waals surface area contributed by atoms with E-state index in [1.54, 1.807) is 0 Å². The molecule has 0 aliphatic heterocycles. The quantitative estimate of drug-likeness (QED) is 0.703. The lowest BCUT2D eigenvalue weighted by atomic mass is 10.2. The van der Waals surface area contributed by atoms with E-state index in [2.05, 4.69) is 13.2 Å². The average molecular weight is 238 g/mol. The molecule has 1 heteroatoms. The van der Waals surface area contributed by atoms with E-state index in [1.807, 2.05) is 66.7 Å². The molecule has 0 fully saturated rings. The molecule has 0 aliphatic rings. The van der Waals surface area contributed by atoms with Crippen molar-refractivity contribution in [1.82, 2.24) is 0 Å². The van der Waals surface area contributed by atoms with Gasteiger partial charge in [0.2, 0.25) is 0 Å². The van der Waals surface area contributed by atoms with Gasteiger partial charge in [-0.2, -0.15) is 0 Å². The molecule has 0 aliphatic carbocycles. The Morgan fingerprint density at radius 2 is 1.39 bits per heavy atom. The Hall–Kier alpha value is -2.28. The van der Waals surface area contributed by atoms with Crippen LogP contribution >= 0.6 is 0 Å². The topological polar surface area (TPSA) is 9.23 Å². The maximum atomic E-state index is 4.98. The zero-order valence-corrected chi connectivity index (χ0v) is 10.5. The SMILES string of the molecule is C=COCc1ccccc1.C=Cc1ccccc1. The molecule has 92 valence electrons. The van der Waals surface area contributed by atoms with E-state index in [1.165, 1.54) is 17.4 Å². The molecule has 2 rings (SSSR count). The predicted molar refractivity (Wildman–Crippen MR) is 78.0 cm³/mol. The van der Waals surface area contributed by atoms with E-state index < -0.39 is 0 Å². The summed E-state index contributed by atoms with van der Waals surface area (Å²) >= 11 is 0. The van der Waals surface area contributed by atoms with E-state index in [-0.39, 0.29) is 0 Å². The lowest BCUT2D eigenvalue weighted by Crippen LogP contribution is -1.83. The Morgan fingerprint density at radius 1 is 0.833 bits per heavy atom. The first-order valence-corrected chi connectivity index (χ1v) is 5.80. The number of benzene rings is 2. The minimum atomic E-state index is 0.615. The molecule has 0 bridgehead atoms. The van der Waals surface area contributed by atoms with Crippen molar-refractivity contribution in [3.63, 3.8) is 0 Å². The van der Waals surface area contributed by atoms with Gasteiger partial charge in [0.1, 0.15) is 6.61 Å². The zero-order chi connectivity index (χ0) is 13.1. The minimum Gasteiger partial charge on any atom is -0.497 e. The fraction of sp³-hybridized carbons (Fsp3) is 0.0588.